The van der Waals surface area contributed by atoms with E-state index in [1.165, 1.54) is 30.3 Å². The molecule has 0 amide bonds. The van der Waals surface area contributed by atoms with Gasteiger partial charge in [-0.05, 0) is 12.1 Å². The lowest BCUT2D eigenvalue weighted by Crippen LogP contribution is -2.05. The molecular weight excluding hydrogens is 198 g/mol. The first-order valence-electron chi connectivity index (χ1n) is 4.19. The lowest BCUT2D eigenvalue weighted by atomic mass is 10.3. The summed E-state index contributed by atoms with van der Waals surface area (Å²) in [5.74, 6) is -0.161. The van der Waals surface area contributed by atoms with Crippen molar-refractivity contribution in [2.75, 3.05) is 0 Å². The number of nitro groups is 1. The lowest BCUT2D eigenvalue weighted by Gasteiger charge is -2.01. The van der Waals surface area contributed by atoms with Crippen LogP contribution in [0.3, 0.4) is 0 Å². The van der Waals surface area contributed by atoms with Crippen LogP contribution in [0, 0.1) is 10.1 Å². The van der Waals surface area contributed by atoms with Crippen LogP contribution in [-0.2, 0) is 4.79 Å². The summed E-state index contributed by atoms with van der Waals surface area (Å²) in [4.78, 5) is 20.8. The van der Waals surface area contributed by atoms with Gasteiger partial charge in [-0.1, -0.05) is 6.08 Å². The third kappa shape index (κ3) is 3.22. The highest BCUT2D eigenvalue weighted by Gasteiger charge is 2.06. The van der Waals surface area contributed by atoms with E-state index in [2.05, 4.69) is 6.58 Å². The van der Waals surface area contributed by atoms with Gasteiger partial charge in [-0.2, -0.15) is 0 Å². The summed E-state index contributed by atoms with van der Waals surface area (Å²) in [6, 6.07) is 5.30. The van der Waals surface area contributed by atoms with Gasteiger partial charge in [-0.3, -0.25) is 14.9 Å². The summed E-state index contributed by atoms with van der Waals surface area (Å²) < 4.78 is 4.86. The summed E-state index contributed by atoms with van der Waals surface area (Å²) in [5.41, 5.74) is -0.0430. The fourth-order valence-electron chi connectivity index (χ4n) is 0.927. The molecule has 0 fully saturated rings. The van der Waals surface area contributed by atoms with Gasteiger partial charge in [0.25, 0.3) is 5.69 Å². The Kier molecular flexibility index (Phi) is 3.56. The van der Waals surface area contributed by atoms with E-state index in [0.29, 0.717) is 0 Å². The predicted octanol–water partition coefficient (Wildman–Crippen LogP) is 2.08. The Hall–Kier alpha value is -2.17. The molecule has 0 spiro atoms. The Labute approximate surface area is 86.1 Å². The van der Waals surface area contributed by atoms with Gasteiger partial charge in [0.05, 0.1) is 11.3 Å². The van der Waals surface area contributed by atoms with Gasteiger partial charge >= 0.3 is 5.97 Å². The van der Waals surface area contributed by atoms with E-state index in [1.54, 1.807) is 0 Å². The second kappa shape index (κ2) is 4.90. The van der Waals surface area contributed by atoms with Gasteiger partial charge in [0.15, 0.2) is 0 Å². The summed E-state index contributed by atoms with van der Waals surface area (Å²) in [7, 11) is 0. The topological polar surface area (TPSA) is 69.4 Å². The van der Waals surface area contributed by atoms with Crippen LogP contribution in [0.2, 0.25) is 0 Å². The number of nitrogens with zero attached hydrogens (tertiary/aromatic N) is 1. The second-order valence-electron chi connectivity index (χ2n) is 2.72. The van der Waals surface area contributed by atoms with Crippen LogP contribution in [0.5, 0.6) is 5.75 Å². The minimum absolute atomic E-state index is 0.0430. The molecule has 0 aliphatic rings. The maximum atomic E-state index is 11.0. The lowest BCUT2D eigenvalue weighted by molar-refractivity contribution is -0.384. The highest BCUT2D eigenvalue weighted by Crippen LogP contribution is 2.17. The van der Waals surface area contributed by atoms with Crippen molar-refractivity contribution in [3.05, 3.63) is 47.0 Å². The summed E-state index contributed by atoms with van der Waals surface area (Å²) in [6.45, 7) is 3.39. The summed E-state index contributed by atoms with van der Waals surface area (Å²) >= 11 is 0. The number of ether oxygens (including phenoxy) is 1. The Morgan fingerprint density at radius 3 is 2.53 bits per heavy atom. The van der Waals surface area contributed by atoms with Crippen LogP contribution in [0.25, 0.3) is 0 Å². The summed E-state index contributed by atoms with van der Waals surface area (Å²) in [6.07, 6.45) is 1.53. The zero-order valence-corrected chi connectivity index (χ0v) is 7.88. The third-order valence-electron chi connectivity index (χ3n) is 1.59. The Balaban J connectivity index is 2.68. The van der Waals surface area contributed by atoms with Gasteiger partial charge in [0, 0.05) is 12.1 Å². The highest BCUT2D eigenvalue weighted by molar-refractivity contribution is 5.73. The molecule has 15 heavy (non-hydrogen) atoms. The second-order valence-corrected chi connectivity index (χ2v) is 2.72. The normalized spacial score (nSPS) is 9.33. The van der Waals surface area contributed by atoms with Crippen molar-refractivity contribution >= 4 is 11.7 Å². The van der Waals surface area contributed by atoms with Crippen LogP contribution < -0.4 is 4.74 Å². The Morgan fingerprint density at radius 2 is 2.07 bits per heavy atom. The molecule has 0 unspecified atom stereocenters. The third-order valence-corrected chi connectivity index (χ3v) is 1.59. The SMILES string of the molecule is C=CCC(=O)Oc1ccc([N+](=O)[O-])cc1. The largest absolute Gasteiger partial charge is 0.426 e. The molecule has 5 nitrogen and oxygen atoms in total. The zero-order valence-electron chi connectivity index (χ0n) is 7.88. The molecule has 0 N–H and O–H groups in total. The van der Waals surface area contributed by atoms with E-state index in [4.69, 9.17) is 4.74 Å². The average Bonchev–Trinajstić information content (AvgIpc) is 2.18. The van der Waals surface area contributed by atoms with Crippen molar-refractivity contribution in [2.24, 2.45) is 0 Å². The molecule has 0 bridgehead atoms. The van der Waals surface area contributed by atoms with E-state index >= 15 is 0 Å². The predicted molar refractivity (Wildman–Crippen MR) is 53.5 cm³/mol. The molecule has 78 valence electrons. The molecule has 0 aromatic heterocycles. The maximum absolute atomic E-state index is 11.0. The molecule has 1 rings (SSSR count). The first-order chi connectivity index (χ1) is 7.13. The number of rotatable bonds is 4. The van der Waals surface area contributed by atoms with Crippen molar-refractivity contribution in [1.82, 2.24) is 0 Å². The number of nitro benzene ring substituents is 1. The molecule has 5 heteroatoms. The molecule has 0 radical (unpaired) electrons. The number of hydrogen-bond donors (Lipinski definition) is 0. The van der Waals surface area contributed by atoms with E-state index in [1.807, 2.05) is 0 Å². The highest BCUT2D eigenvalue weighted by atomic mass is 16.6. The molecule has 1 aromatic rings. The smallest absolute Gasteiger partial charge is 0.315 e. The van der Waals surface area contributed by atoms with E-state index in [-0.39, 0.29) is 17.9 Å². The maximum Gasteiger partial charge on any atom is 0.315 e. The van der Waals surface area contributed by atoms with Gasteiger partial charge in [-0.25, -0.2) is 0 Å². The number of carbonyl (C=O) groups is 1. The van der Waals surface area contributed by atoms with Crippen molar-refractivity contribution in [3.8, 4) is 5.75 Å². The van der Waals surface area contributed by atoms with Crippen LogP contribution >= 0.6 is 0 Å². The van der Waals surface area contributed by atoms with E-state index in [9.17, 15) is 14.9 Å². The van der Waals surface area contributed by atoms with Crippen LogP contribution in [-0.4, -0.2) is 10.9 Å². The van der Waals surface area contributed by atoms with E-state index < -0.39 is 10.9 Å². The number of benzene rings is 1. The number of carbonyl (C=O) groups excluding carboxylic acids is 1. The van der Waals surface area contributed by atoms with Crippen molar-refractivity contribution < 1.29 is 14.5 Å². The van der Waals surface area contributed by atoms with Crippen LogP contribution in [0.15, 0.2) is 36.9 Å². The zero-order chi connectivity index (χ0) is 11.3. The molecule has 1 aromatic carbocycles. The Morgan fingerprint density at radius 1 is 1.47 bits per heavy atom. The quantitative estimate of drug-likeness (QED) is 0.249. The Bertz CT molecular complexity index is 383. The van der Waals surface area contributed by atoms with Gasteiger partial charge in [0.1, 0.15) is 5.75 Å². The van der Waals surface area contributed by atoms with E-state index in [0.717, 1.165) is 0 Å². The molecule has 0 aliphatic heterocycles. The first-order valence-corrected chi connectivity index (χ1v) is 4.19. The number of non-ortho nitro benzene ring substituents is 1. The van der Waals surface area contributed by atoms with Gasteiger partial charge in [0.2, 0.25) is 0 Å². The van der Waals surface area contributed by atoms with Crippen LogP contribution in [0.4, 0.5) is 5.69 Å². The van der Waals surface area contributed by atoms with Gasteiger partial charge < -0.3 is 4.74 Å². The standard InChI is InChI=1S/C10H9NO4/c1-2-3-10(12)15-9-6-4-8(5-7-9)11(13)14/h2,4-7H,1,3H2. The van der Waals surface area contributed by atoms with Crippen molar-refractivity contribution in [3.63, 3.8) is 0 Å². The van der Waals surface area contributed by atoms with Gasteiger partial charge in [-0.15, -0.1) is 6.58 Å². The van der Waals surface area contributed by atoms with Crippen molar-refractivity contribution in [2.45, 2.75) is 6.42 Å². The fraction of sp³-hybridized carbons (Fsp3) is 0.100. The average molecular weight is 207 g/mol. The minimum atomic E-state index is -0.519. The molecule has 0 saturated carbocycles. The fourth-order valence-corrected chi connectivity index (χ4v) is 0.927. The van der Waals surface area contributed by atoms with Crippen molar-refractivity contribution in [1.29, 1.82) is 0 Å². The number of esters is 1. The first kappa shape index (κ1) is 10.9. The number of hydrogen-bond acceptors (Lipinski definition) is 4. The molecule has 0 heterocycles. The molecular formula is C10H9NO4. The molecule has 0 atom stereocenters. The van der Waals surface area contributed by atoms with Crippen LogP contribution in [0.1, 0.15) is 6.42 Å². The monoisotopic (exact) mass is 207 g/mol. The summed E-state index contributed by atoms with van der Waals surface area (Å²) in [5, 5.41) is 10.3. The molecule has 0 aliphatic carbocycles. The minimum Gasteiger partial charge on any atom is -0.426 e. The molecule has 0 saturated heterocycles.